The zero-order chi connectivity index (χ0) is 13.7. The summed E-state index contributed by atoms with van der Waals surface area (Å²) in [5, 5.41) is 32.9. The molecule has 0 saturated heterocycles. The van der Waals surface area contributed by atoms with E-state index in [0.717, 1.165) is 0 Å². The highest BCUT2D eigenvalue weighted by molar-refractivity contribution is 5.67. The van der Waals surface area contributed by atoms with E-state index in [0.29, 0.717) is 19.3 Å². The van der Waals surface area contributed by atoms with Crippen LogP contribution in [0.4, 0.5) is 0 Å². The number of carboxylic acids is 2. The molecule has 1 atom stereocenters. The second-order valence-electron chi connectivity index (χ2n) is 3.79. The van der Waals surface area contributed by atoms with Crippen LogP contribution in [-0.2, 0) is 9.59 Å². The fourth-order valence-corrected chi connectivity index (χ4v) is 0.864. The van der Waals surface area contributed by atoms with Crippen LogP contribution in [0.3, 0.4) is 0 Å². The number of carbonyl (C=O) groups is 2. The first-order valence-corrected chi connectivity index (χ1v) is 5.59. The summed E-state index contributed by atoms with van der Waals surface area (Å²) in [6.45, 7) is 2.26. The number of carboxylic acid groups (broad SMARTS) is 2. The number of hydrogen-bond donors (Lipinski definition) is 4. The van der Waals surface area contributed by atoms with E-state index in [4.69, 9.17) is 20.4 Å². The summed E-state index contributed by atoms with van der Waals surface area (Å²) >= 11 is 0. The summed E-state index contributed by atoms with van der Waals surface area (Å²) in [6.07, 6.45) is 1.72. The number of aliphatic hydroxyl groups is 2. The van der Waals surface area contributed by atoms with Crippen molar-refractivity contribution < 1.29 is 30.0 Å². The predicted octanol–water partition coefficient (Wildman–Crippen LogP) is 0.713. The maximum atomic E-state index is 9.90. The summed E-state index contributed by atoms with van der Waals surface area (Å²) in [5.41, 5.74) is 0. The molecule has 0 aromatic heterocycles. The van der Waals surface area contributed by atoms with Crippen molar-refractivity contribution in [2.75, 3.05) is 13.2 Å². The second kappa shape index (κ2) is 12.9. The van der Waals surface area contributed by atoms with Crippen molar-refractivity contribution >= 4 is 11.9 Å². The normalized spacial score (nSPS) is 11.2. The Morgan fingerprint density at radius 2 is 1.41 bits per heavy atom. The maximum Gasteiger partial charge on any atom is 0.303 e. The molecule has 0 fully saturated rings. The largest absolute Gasteiger partial charge is 0.481 e. The Kier molecular flexibility index (Phi) is 13.9. The van der Waals surface area contributed by atoms with Crippen LogP contribution in [0.5, 0.6) is 0 Å². The zero-order valence-electron chi connectivity index (χ0n) is 10.1. The molecule has 17 heavy (non-hydrogen) atoms. The van der Waals surface area contributed by atoms with Gasteiger partial charge < -0.3 is 20.4 Å². The van der Waals surface area contributed by atoms with E-state index >= 15 is 0 Å². The van der Waals surface area contributed by atoms with Crippen molar-refractivity contribution in [3.63, 3.8) is 0 Å². The molecule has 0 saturated carbocycles. The molecule has 0 heterocycles. The van der Waals surface area contributed by atoms with Crippen LogP contribution in [0.1, 0.15) is 39.0 Å². The van der Waals surface area contributed by atoms with Crippen molar-refractivity contribution in [3.05, 3.63) is 0 Å². The molecular weight excluding hydrogens is 228 g/mol. The lowest BCUT2D eigenvalue weighted by Crippen LogP contribution is -2.01. The fraction of sp³-hybridized carbons (Fsp3) is 0.818. The van der Waals surface area contributed by atoms with Gasteiger partial charge in [0.25, 0.3) is 0 Å². The van der Waals surface area contributed by atoms with E-state index in [1.165, 1.54) is 0 Å². The average molecular weight is 250 g/mol. The smallest absolute Gasteiger partial charge is 0.303 e. The van der Waals surface area contributed by atoms with Crippen molar-refractivity contribution in [2.24, 2.45) is 5.92 Å². The Morgan fingerprint density at radius 3 is 1.59 bits per heavy atom. The van der Waals surface area contributed by atoms with Crippen molar-refractivity contribution in [3.8, 4) is 0 Å². The third kappa shape index (κ3) is 20.8. The summed E-state index contributed by atoms with van der Waals surface area (Å²) in [4.78, 5) is 19.8. The van der Waals surface area contributed by atoms with Gasteiger partial charge in [-0.05, 0) is 25.2 Å². The molecule has 0 spiro atoms. The van der Waals surface area contributed by atoms with Gasteiger partial charge in [-0.3, -0.25) is 9.59 Å². The summed E-state index contributed by atoms with van der Waals surface area (Å²) in [7, 11) is 0. The molecule has 0 aliphatic heterocycles. The Morgan fingerprint density at radius 1 is 1.00 bits per heavy atom. The lowest BCUT2D eigenvalue weighted by Gasteiger charge is -2.01. The van der Waals surface area contributed by atoms with Crippen LogP contribution in [0.15, 0.2) is 0 Å². The lowest BCUT2D eigenvalue weighted by atomic mass is 10.1. The van der Waals surface area contributed by atoms with E-state index in [9.17, 15) is 9.59 Å². The fourth-order valence-electron chi connectivity index (χ4n) is 0.864. The van der Waals surface area contributed by atoms with Gasteiger partial charge in [-0.1, -0.05) is 6.92 Å². The molecule has 0 bridgehead atoms. The predicted molar refractivity (Wildman–Crippen MR) is 61.7 cm³/mol. The van der Waals surface area contributed by atoms with Gasteiger partial charge in [0.1, 0.15) is 0 Å². The molecule has 1 unspecified atom stereocenters. The molecule has 4 N–H and O–H groups in total. The molecular formula is C11H22O6. The summed E-state index contributed by atoms with van der Waals surface area (Å²) in [6, 6.07) is 0. The first-order chi connectivity index (χ1) is 7.93. The minimum atomic E-state index is -0.870. The Hall–Kier alpha value is -1.14. The number of rotatable bonds is 8. The summed E-state index contributed by atoms with van der Waals surface area (Å²) < 4.78 is 0. The second-order valence-corrected chi connectivity index (χ2v) is 3.79. The molecule has 0 aromatic carbocycles. The third-order valence-corrected chi connectivity index (χ3v) is 1.96. The van der Waals surface area contributed by atoms with Gasteiger partial charge in [-0.25, -0.2) is 0 Å². The van der Waals surface area contributed by atoms with E-state index < -0.39 is 11.9 Å². The highest BCUT2D eigenvalue weighted by Gasteiger charge is 1.99. The standard InChI is InChI=1S/C6H10O4.C5H12O2/c7-5(8)3-1-2-4-6(9)10;1-5(4-7)2-3-6/h1-4H2,(H,7,8)(H,9,10);5-7H,2-4H2,1H3. The van der Waals surface area contributed by atoms with Gasteiger partial charge in [-0.2, -0.15) is 0 Å². The van der Waals surface area contributed by atoms with Crippen LogP contribution in [-0.4, -0.2) is 45.6 Å². The van der Waals surface area contributed by atoms with E-state index in [2.05, 4.69) is 0 Å². The quantitative estimate of drug-likeness (QED) is 0.472. The molecule has 0 radical (unpaired) electrons. The van der Waals surface area contributed by atoms with E-state index in [1.807, 2.05) is 6.92 Å². The number of aliphatic carboxylic acids is 2. The van der Waals surface area contributed by atoms with E-state index in [1.54, 1.807) is 0 Å². The number of aliphatic hydroxyl groups excluding tert-OH is 2. The molecule has 0 aromatic rings. The van der Waals surface area contributed by atoms with E-state index in [-0.39, 0.29) is 32.0 Å². The molecule has 0 rings (SSSR count). The van der Waals surface area contributed by atoms with Gasteiger partial charge in [0, 0.05) is 26.1 Å². The number of unbranched alkanes of at least 4 members (excludes halogenated alkanes) is 1. The minimum Gasteiger partial charge on any atom is -0.481 e. The monoisotopic (exact) mass is 250 g/mol. The minimum absolute atomic E-state index is 0.0628. The van der Waals surface area contributed by atoms with Crippen LogP contribution >= 0.6 is 0 Å². The van der Waals surface area contributed by atoms with Crippen LogP contribution in [0.25, 0.3) is 0 Å². The Labute approximate surface area is 101 Å². The maximum absolute atomic E-state index is 9.90. The molecule has 0 amide bonds. The Bertz CT molecular complexity index is 188. The van der Waals surface area contributed by atoms with Crippen LogP contribution in [0, 0.1) is 5.92 Å². The highest BCUT2D eigenvalue weighted by Crippen LogP contribution is 1.98. The van der Waals surface area contributed by atoms with Gasteiger partial charge in [-0.15, -0.1) is 0 Å². The number of hydrogen-bond acceptors (Lipinski definition) is 4. The average Bonchev–Trinajstić information content (AvgIpc) is 2.25. The molecule has 6 nitrogen and oxygen atoms in total. The lowest BCUT2D eigenvalue weighted by molar-refractivity contribution is -0.139. The van der Waals surface area contributed by atoms with Crippen LogP contribution < -0.4 is 0 Å². The molecule has 0 aliphatic rings. The van der Waals surface area contributed by atoms with Gasteiger partial charge in [0.05, 0.1) is 0 Å². The first kappa shape index (κ1) is 18.2. The van der Waals surface area contributed by atoms with Crippen molar-refractivity contribution in [1.82, 2.24) is 0 Å². The first-order valence-electron chi connectivity index (χ1n) is 5.59. The molecule has 102 valence electrons. The molecule has 6 heteroatoms. The topological polar surface area (TPSA) is 115 Å². The van der Waals surface area contributed by atoms with Crippen molar-refractivity contribution in [2.45, 2.75) is 39.0 Å². The third-order valence-electron chi connectivity index (χ3n) is 1.96. The van der Waals surface area contributed by atoms with Gasteiger partial charge in [0.2, 0.25) is 0 Å². The highest BCUT2D eigenvalue weighted by atomic mass is 16.4. The van der Waals surface area contributed by atoms with Crippen LogP contribution in [0.2, 0.25) is 0 Å². The van der Waals surface area contributed by atoms with Gasteiger partial charge >= 0.3 is 11.9 Å². The summed E-state index contributed by atoms with van der Waals surface area (Å²) in [5.74, 6) is -1.49. The SMILES string of the molecule is CC(CO)CCO.O=C(O)CCCCC(=O)O. The van der Waals surface area contributed by atoms with Gasteiger partial charge in [0.15, 0.2) is 0 Å². The Balaban J connectivity index is 0. The zero-order valence-corrected chi connectivity index (χ0v) is 10.1. The van der Waals surface area contributed by atoms with Crippen molar-refractivity contribution in [1.29, 1.82) is 0 Å². The molecule has 0 aliphatic carbocycles.